The maximum atomic E-state index is 3.71. The van der Waals surface area contributed by atoms with Gasteiger partial charge in [-0.3, -0.25) is 0 Å². The molecule has 0 saturated carbocycles. The monoisotopic (exact) mass is 143 g/mol. The zero-order valence-electron chi connectivity index (χ0n) is 5.68. The lowest BCUT2D eigenvalue weighted by Crippen LogP contribution is -2.38. The molecule has 0 aliphatic carbocycles. The van der Waals surface area contributed by atoms with Crippen LogP contribution in [0, 0.1) is 0 Å². The van der Waals surface area contributed by atoms with E-state index in [2.05, 4.69) is 11.5 Å². The Bertz CT molecular complexity index is 86.9. The average Bonchev–Trinajstić information content (AvgIpc) is 1.91. The minimum Gasteiger partial charge on any atom is -0.165 e. The average molecular weight is 143 g/mol. The molecule has 1 saturated heterocycles. The Morgan fingerprint density at radius 1 is 1.44 bits per heavy atom. The first-order valence-electron chi connectivity index (χ1n) is 3.34. The fourth-order valence-corrected chi connectivity index (χ4v) is 1.95. The standard InChI is InChI=1S/C7H13NS/c1-2-3-8-4-6-9-7-5-8/h2H,1,3-7H2/q+1. The third-order valence-corrected chi connectivity index (χ3v) is 2.43. The smallest absolute Gasteiger partial charge is 0.141 e. The lowest BCUT2D eigenvalue weighted by molar-refractivity contribution is 0.483. The van der Waals surface area contributed by atoms with Crippen molar-refractivity contribution in [1.82, 2.24) is 4.90 Å². The van der Waals surface area contributed by atoms with Crippen molar-refractivity contribution in [2.45, 2.75) is 0 Å². The summed E-state index contributed by atoms with van der Waals surface area (Å²) in [7, 11) is 0. The molecular weight excluding hydrogens is 130 g/mol. The van der Waals surface area contributed by atoms with Crippen LogP contribution in [0.1, 0.15) is 0 Å². The van der Waals surface area contributed by atoms with E-state index in [-0.39, 0.29) is 0 Å². The third kappa shape index (κ3) is 2.41. The van der Waals surface area contributed by atoms with Crippen molar-refractivity contribution in [3.63, 3.8) is 0 Å². The summed E-state index contributed by atoms with van der Waals surface area (Å²) in [6.07, 6.45) is 1.98. The molecule has 1 fully saturated rings. The fraction of sp³-hybridized carbons (Fsp3) is 0.714. The minimum absolute atomic E-state index is 1.07. The molecule has 0 bridgehead atoms. The van der Waals surface area contributed by atoms with Gasteiger partial charge in [0, 0.05) is 11.5 Å². The summed E-state index contributed by atoms with van der Waals surface area (Å²) >= 11 is 2.05. The molecule has 1 rings (SSSR count). The lowest BCUT2D eigenvalue weighted by atomic mass is 10.4. The Morgan fingerprint density at radius 2 is 2.11 bits per heavy atom. The van der Waals surface area contributed by atoms with Gasteiger partial charge in [-0.05, 0) is 6.08 Å². The van der Waals surface area contributed by atoms with Gasteiger partial charge < -0.3 is 0 Å². The molecule has 51 valence electrons. The van der Waals surface area contributed by atoms with Crippen LogP contribution in [0.4, 0.5) is 0 Å². The predicted octanol–water partition coefficient (Wildman–Crippen LogP) is 1.06. The second-order valence-electron chi connectivity index (χ2n) is 2.20. The molecule has 0 aromatic carbocycles. The van der Waals surface area contributed by atoms with Crippen LogP contribution in [0.25, 0.3) is 0 Å². The van der Waals surface area contributed by atoms with E-state index in [1.54, 1.807) is 0 Å². The molecule has 1 aliphatic heterocycles. The summed E-state index contributed by atoms with van der Waals surface area (Å²) in [5.74, 6) is 2.60. The van der Waals surface area contributed by atoms with E-state index < -0.39 is 0 Å². The van der Waals surface area contributed by atoms with Crippen LogP contribution in [0.5, 0.6) is 0 Å². The van der Waals surface area contributed by atoms with Crippen LogP contribution in [0.15, 0.2) is 12.7 Å². The Morgan fingerprint density at radius 3 is 2.67 bits per heavy atom. The van der Waals surface area contributed by atoms with Crippen molar-refractivity contribution in [1.29, 1.82) is 0 Å². The van der Waals surface area contributed by atoms with Crippen LogP contribution in [0.3, 0.4) is 0 Å². The summed E-state index contributed by atoms with van der Waals surface area (Å²) < 4.78 is 0. The van der Waals surface area contributed by atoms with Crippen molar-refractivity contribution in [2.24, 2.45) is 0 Å². The molecule has 1 aliphatic rings. The Kier molecular flexibility index (Phi) is 3.15. The van der Waals surface area contributed by atoms with Crippen molar-refractivity contribution in [2.75, 3.05) is 31.1 Å². The van der Waals surface area contributed by atoms with Gasteiger partial charge >= 0.3 is 0 Å². The SMILES string of the molecule is C=CC[N+]1CCSCC1. The number of rotatable bonds is 2. The van der Waals surface area contributed by atoms with Gasteiger partial charge in [-0.1, -0.05) is 6.58 Å². The molecule has 0 amide bonds. The highest BCUT2D eigenvalue weighted by molar-refractivity contribution is 7.99. The summed E-state index contributed by atoms with van der Waals surface area (Å²) in [6, 6.07) is 0. The summed E-state index contributed by atoms with van der Waals surface area (Å²) in [4.78, 5) is 2.43. The Balaban J connectivity index is 2.15. The topological polar surface area (TPSA) is 5.90 Å². The lowest BCUT2D eigenvalue weighted by Gasteiger charge is -2.14. The molecular formula is C7H13NS+. The van der Waals surface area contributed by atoms with E-state index in [0.717, 1.165) is 6.54 Å². The molecule has 0 N–H and O–H groups in total. The number of hydrogen-bond donors (Lipinski definition) is 0. The molecule has 1 heterocycles. The van der Waals surface area contributed by atoms with Gasteiger partial charge in [-0.15, -0.1) is 11.8 Å². The highest BCUT2D eigenvalue weighted by Crippen LogP contribution is 2.05. The van der Waals surface area contributed by atoms with Gasteiger partial charge in [0.2, 0.25) is 0 Å². The van der Waals surface area contributed by atoms with Gasteiger partial charge in [0.15, 0.2) is 0 Å². The summed E-state index contributed by atoms with van der Waals surface area (Å²) in [5.41, 5.74) is 0. The van der Waals surface area contributed by atoms with E-state index in [1.165, 1.54) is 24.6 Å². The van der Waals surface area contributed by atoms with Crippen LogP contribution >= 0.6 is 11.8 Å². The second kappa shape index (κ2) is 3.96. The molecule has 1 nitrogen and oxygen atoms in total. The second-order valence-corrected chi connectivity index (χ2v) is 3.43. The van der Waals surface area contributed by atoms with E-state index in [1.807, 2.05) is 17.8 Å². The zero-order valence-corrected chi connectivity index (χ0v) is 6.49. The molecule has 0 spiro atoms. The molecule has 2 heteroatoms. The van der Waals surface area contributed by atoms with E-state index in [9.17, 15) is 0 Å². The van der Waals surface area contributed by atoms with Gasteiger partial charge in [0.05, 0.1) is 0 Å². The number of nitrogens with zero attached hydrogens (tertiary/aromatic N) is 1. The highest BCUT2D eigenvalue weighted by atomic mass is 32.2. The Labute approximate surface area is 61.1 Å². The molecule has 0 aromatic heterocycles. The van der Waals surface area contributed by atoms with E-state index >= 15 is 0 Å². The molecule has 9 heavy (non-hydrogen) atoms. The zero-order chi connectivity index (χ0) is 6.53. The van der Waals surface area contributed by atoms with Crippen molar-refractivity contribution in [3.05, 3.63) is 12.7 Å². The predicted molar refractivity (Wildman–Crippen MR) is 44.3 cm³/mol. The van der Waals surface area contributed by atoms with Crippen molar-refractivity contribution >= 4 is 11.8 Å². The number of thioether (sulfide) groups is 1. The molecule has 0 aromatic rings. The van der Waals surface area contributed by atoms with Crippen molar-refractivity contribution < 1.29 is 0 Å². The largest absolute Gasteiger partial charge is 0.165 e. The van der Waals surface area contributed by atoms with Gasteiger partial charge in [0.25, 0.3) is 0 Å². The van der Waals surface area contributed by atoms with E-state index in [0.29, 0.717) is 0 Å². The summed E-state index contributed by atoms with van der Waals surface area (Å²) in [6.45, 7) is 7.27. The van der Waals surface area contributed by atoms with Gasteiger partial charge in [-0.25, -0.2) is 0 Å². The first kappa shape index (κ1) is 7.16. The quantitative estimate of drug-likeness (QED) is 0.414. The number of hydrogen-bond acceptors (Lipinski definition) is 2. The van der Waals surface area contributed by atoms with E-state index in [4.69, 9.17) is 0 Å². The maximum absolute atomic E-state index is 3.71. The summed E-state index contributed by atoms with van der Waals surface area (Å²) in [5, 5.41) is 0. The Hall–Kier alpha value is 0.0500. The first-order valence-corrected chi connectivity index (χ1v) is 4.50. The van der Waals surface area contributed by atoms with Crippen LogP contribution in [-0.4, -0.2) is 31.1 Å². The maximum Gasteiger partial charge on any atom is 0.141 e. The highest BCUT2D eigenvalue weighted by Gasteiger charge is 2.16. The normalized spacial score (nSPS) is 21.8. The van der Waals surface area contributed by atoms with Gasteiger partial charge in [0.1, 0.15) is 19.6 Å². The minimum atomic E-state index is 1.07. The van der Waals surface area contributed by atoms with Gasteiger partial charge in [-0.2, -0.15) is 4.90 Å². The third-order valence-electron chi connectivity index (χ3n) is 1.49. The van der Waals surface area contributed by atoms with Crippen LogP contribution in [0.2, 0.25) is 0 Å². The van der Waals surface area contributed by atoms with Crippen LogP contribution in [-0.2, 0) is 0 Å². The fourth-order valence-electron chi connectivity index (χ4n) is 0.966. The van der Waals surface area contributed by atoms with Crippen molar-refractivity contribution in [3.8, 4) is 0 Å². The molecule has 0 atom stereocenters. The molecule has 0 unspecified atom stereocenters. The first-order chi connectivity index (χ1) is 4.43. The van der Waals surface area contributed by atoms with Crippen LogP contribution < -0.4 is 4.90 Å². The molecule has 1 radical (unpaired) electrons.